The molecule has 2 heterocycles. The van der Waals surface area contributed by atoms with E-state index >= 15 is 0 Å². The number of amides is 2. The Hall–Kier alpha value is -1.91. The van der Waals surface area contributed by atoms with Crippen LogP contribution in [0.5, 0.6) is 0 Å². The fourth-order valence-corrected chi connectivity index (χ4v) is 2.55. The Kier molecular flexibility index (Phi) is 4.06. The van der Waals surface area contributed by atoms with Crippen LogP contribution in [0.15, 0.2) is 24.5 Å². The van der Waals surface area contributed by atoms with Crippen molar-refractivity contribution in [2.24, 2.45) is 0 Å². The van der Waals surface area contributed by atoms with Crippen molar-refractivity contribution in [1.29, 1.82) is 0 Å². The summed E-state index contributed by atoms with van der Waals surface area (Å²) in [6, 6.07) is 3.50. The molecule has 0 aromatic carbocycles. The second-order valence-corrected chi connectivity index (χ2v) is 5.64. The first-order chi connectivity index (χ1) is 9.45. The summed E-state index contributed by atoms with van der Waals surface area (Å²) in [6.45, 7) is 5.98. The Balaban J connectivity index is 2.13. The topological polar surface area (TPSA) is 62.3 Å². The molecule has 2 amide bonds. The maximum Gasteiger partial charge on any atom is 0.248 e. The fourth-order valence-electron chi connectivity index (χ4n) is 2.55. The maximum absolute atomic E-state index is 12.5. The number of pyridine rings is 1. The minimum Gasteiger partial charge on any atom is -0.340 e. The fraction of sp³-hybridized carbons (Fsp3) is 0.533. The lowest BCUT2D eigenvalue weighted by Crippen LogP contribution is -2.68. The molecule has 20 heavy (non-hydrogen) atoms. The second kappa shape index (κ2) is 5.61. The highest BCUT2D eigenvalue weighted by Crippen LogP contribution is 2.20. The van der Waals surface area contributed by atoms with Crippen LogP contribution in [0.2, 0.25) is 0 Å². The Bertz CT molecular complexity index is 499. The Morgan fingerprint density at radius 3 is 2.55 bits per heavy atom. The number of carbonyl (C=O) groups excluding carboxylic acids is 2. The molecule has 1 aliphatic heterocycles. The van der Waals surface area contributed by atoms with Crippen LogP contribution in [0.3, 0.4) is 0 Å². The van der Waals surface area contributed by atoms with Crippen molar-refractivity contribution >= 4 is 11.8 Å². The molecular weight excluding hydrogens is 254 g/mol. The van der Waals surface area contributed by atoms with E-state index in [1.54, 1.807) is 31.1 Å². The highest BCUT2D eigenvalue weighted by atomic mass is 16.2. The minimum absolute atomic E-state index is 0.0157. The van der Waals surface area contributed by atoms with Gasteiger partial charge in [-0.3, -0.25) is 14.6 Å². The van der Waals surface area contributed by atoms with Crippen LogP contribution in [0.1, 0.15) is 32.8 Å². The number of piperazine rings is 1. The largest absolute Gasteiger partial charge is 0.340 e. The SMILES string of the molecule is CCC1C(=O)NC(C)(C)C(=O)N1CCc1ccncc1. The summed E-state index contributed by atoms with van der Waals surface area (Å²) in [4.78, 5) is 30.3. The molecule has 1 N–H and O–H groups in total. The molecule has 1 aromatic rings. The first kappa shape index (κ1) is 14.5. The summed E-state index contributed by atoms with van der Waals surface area (Å²) in [6.07, 6.45) is 4.83. The summed E-state index contributed by atoms with van der Waals surface area (Å²) in [7, 11) is 0. The van der Waals surface area contributed by atoms with Gasteiger partial charge >= 0.3 is 0 Å². The van der Waals surface area contributed by atoms with Gasteiger partial charge in [-0.2, -0.15) is 0 Å². The molecule has 1 aliphatic rings. The number of hydrogen-bond donors (Lipinski definition) is 1. The number of hydrogen-bond acceptors (Lipinski definition) is 3. The van der Waals surface area contributed by atoms with E-state index in [-0.39, 0.29) is 17.9 Å². The summed E-state index contributed by atoms with van der Waals surface area (Å²) < 4.78 is 0. The lowest BCUT2D eigenvalue weighted by molar-refractivity contribution is -0.153. The van der Waals surface area contributed by atoms with Crippen molar-refractivity contribution in [3.8, 4) is 0 Å². The Labute approximate surface area is 119 Å². The molecule has 1 saturated heterocycles. The molecule has 0 saturated carbocycles. The first-order valence-electron chi connectivity index (χ1n) is 6.97. The van der Waals surface area contributed by atoms with Gasteiger partial charge in [0.1, 0.15) is 11.6 Å². The molecule has 2 rings (SSSR count). The van der Waals surface area contributed by atoms with Crippen LogP contribution in [-0.4, -0.2) is 39.8 Å². The number of rotatable bonds is 4. The van der Waals surface area contributed by atoms with Crippen molar-refractivity contribution in [2.75, 3.05) is 6.54 Å². The summed E-state index contributed by atoms with van der Waals surface area (Å²) in [5, 5.41) is 2.79. The van der Waals surface area contributed by atoms with E-state index < -0.39 is 5.54 Å². The van der Waals surface area contributed by atoms with Crippen LogP contribution in [-0.2, 0) is 16.0 Å². The van der Waals surface area contributed by atoms with Gasteiger partial charge in [-0.25, -0.2) is 0 Å². The van der Waals surface area contributed by atoms with E-state index in [1.165, 1.54) is 0 Å². The molecule has 0 bridgehead atoms. The molecule has 0 spiro atoms. The molecule has 0 radical (unpaired) electrons. The zero-order chi connectivity index (χ0) is 14.8. The zero-order valence-electron chi connectivity index (χ0n) is 12.2. The number of carbonyl (C=O) groups is 2. The van der Waals surface area contributed by atoms with Gasteiger partial charge in [0.15, 0.2) is 0 Å². The van der Waals surface area contributed by atoms with Gasteiger partial charge in [0, 0.05) is 18.9 Å². The van der Waals surface area contributed by atoms with Crippen molar-refractivity contribution in [1.82, 2.24) is 15.2 Å². The standard InChI is InChI=1S/C15H21N3O2/c1-4-12-13(19)17-15(2,3)14(20)18(12)10-7-11-5-8-16-9-6-11/h5-6,8-9,12H,4,7,10H2,1-3H3,(H,17,19). The molecule has 1 aromatic heterocycles. The summed E-state index contributed by atoms with van der Waals surface area (Å²) in [5.41, 5.74) is 0.299. The quantitative estimate of drug-likeness (QED) is 0.896. The Morgan fingerprint density at radius 1 is 1.30 bits per heavy atom. The molecule has 5 heteroatoms. The van der Waals surface area contributed by atoms with E-state index in [2.05, 4.69) is 10.3 Å². The van der Waals surface area contributed by atoms with Crippen molar-refractivity contribution in [3.63, 3.8) is 0 Å². The average molecular weight is 275 g/mol. The van der Waals surface area contributed by atoms with Gasteiger partial charge in [0.2, 0.25) is 11.8 Å². The monoisotopic (exact) mass is 275 g/mol. The highest BCUT2D eigenvalue weighted by molar-refractivity contribution is 5.99. The van der Waals surface area contributed by atoms with Crippen LogP contribution in [0.4, 0.5) is 0 Å². The van der Waals surface area contributed by atoms with E-state index in [9.17, 15) is 9.59 Å². The van der Waals surface area contributed by atoms with Gasteiger partial charge in [0.25, 0.3) is 0 Å². The Morgan fingerprint density at radius 2 is 1.95 bits per heavy atom. The second-order valence-electron chi connectivity index (χ2n) is 5.64. The number of nitrogens with zero attached hydrogens (tertiary/aromatic N) is 2. The minimum atomic E-state index is -0.818. The molecule has 5 nitrogen and oxygen atoms in total. The van der Waals surface area contributed by atoms with Crippen LogP contribution >= 0.6 is 0 Å². The van der Waals surface area contributed by atoms with Gasteiger partial charge in [0.05, 0.1) is 0 Å². The number of aromatic nitrogens is 1. The number of nitrogens with one attached hydrogen (secondary N) is 1. The van der Waals surface area contributed by atoms with Crippen molar-refractivity contribution in [2.45, 2.75) is 45.2 Å². The third-order valence-electron chi connectivity index (χ3n) is 3.69. The van der Waals surface area contributed by atoms with Crippen LogP contribution < -0.4 is 5.32 Å². The lowest BCUT2D eigenvalue weighted by Gasteiger charge is -2.42. The van der Waals surface area contributed by atoms with E-state index in [0.29, 0.717) is 13.0 Å². The summed E-state index contributed by atoms with van der Waals surface area (Å²) in [5.74, 6) is -0.0789. The average Bonchev–Trinajstić information content (AvgIpc) is 2.42. The van der Waals surface area contributed by atoms with Gasteiger partial charge in [-0.15, -0.1) is 0 Å². The molecule has 0 aliphatic carbocycles. The van der Waals surface area contributed by atoms with Gasteiger partial charge < -0.3 is 10.2 Å². The zero-order valence-corrected chi connectivity index (χ0v) is 12.2. The van der Waals surface area contributed by atoms with Crippen molar-refractivity contribution in [3.05, 3.63) is 30.1 Å². The third kappa shape index (κ3) is 2.81. The smallest absolute Gasteiger partial charge is 0.248 e. The van der Waals surface area contributed by atoms with Crippen molar-refractivity contribution < 1.29 is 9.59 Å². The first-order valence-corrected chi connectivity index (χ1v) is 6.97. The third-order valence-corrected chi connectivity index (χ3v) is 3.69. The van der Waals surface area contributed by atoms with E-state index in [1.807, 2.05) is 19.1 Å². The maximum atomic E-state index is 12.5. The van der Waals surface area contributed by atoms with E-state index in [0.717, 1.165) is 12.0 Å². The molecular formula is C15H21N3O2. The highest BCUT2D eigenvalue weighted by Gasteiger charge is 2.44. The van der Waals surface area contributed by atoms with Gasteiger partial charge in [-0.1, -0.05) is 6.92 Å². The summed E-state index contributed by atoms with van der Waals surface area (Å²) >= 11 is 0. The van der Waals surface area contributed by atoms with Gasteiger partial charge in [-0.05, 0) is 44.4 Å². The van der Waals surface area contributed by atoms with Crippen LogP contribution in [0.25, 0.3) is 0 Å². The molecule has 1 atom stereocenters. The predicted molar refractivity (Wildman–Crippen MR) is 76.0 cm³/mol. The molecule has 1 unspecified atom stereocenters. The van der Waals surface area contributed by atoms with E-state index in [4.69, 9.17) is 0 Å². The predicted octanol–water partition coefficient (Wildman–Crippen LogP) is 1.14. The lowest BCUT2D eigenvalue weighted by atomic mass is 9.95. The normalized spacial score (nSPS) is 21.8. The van der Waals surface area contributed by atoms with Crippen LogP contribution in [0, 0.1) is 0 Å². The molecule has 1 fully saturated rings. The molecule has 108 valence electrons.